The van der Waals surface area contributed by atoms with Crippen LogP contribution in [0.15, 0.2) is 103 Å². The molecule has 5 heteroatoms. The van der Waals surface area contributed by atoms with Crippen LogP contribution in [0.5, 0.6) is 0 Å². The molecule has 0 radical (unpaired) electrons. The molecule has 0 aliphatic carbocycles. The average molecular weight is 452 g/mol. The predicted octanol–water partition coefficient (Wildman–Crippen LogP) is 5.97. The van der Waals surface area contributed by atoms with E-state index in [1.54, 1.807) is 0 Å². The van der Waals surface area contributed by atoms with Gasteiger partial charge in [-0.2, -0.15) is 0 Å². The second kappa shape index (κ2) is 7.60. The fourth-order valence-corrected chi connectivity index (χ4v) is 5.34. The molecule has 0 fully saturated rings. The van der Waals surface area contributed by atoms with Crippen LogP contribution in [-0.4, -0.2) is 27.1 Å². The largest absolute Gasteiger partial charge is 0.488 e. The monoisotopic (exact) mass is 452 g/mol. The van der Waals surface area contributed by atoms with Gasteiger partial charge >= 0.3 is 7.12 Å². The number of nitrogens with one attached hydrogen (secondary N) is 2. The van der Waals surface area contributed by atoms with Gasteiger partial charge in [-0.1, -0.05) is 84.9 Å². The molecule has 0 aliphatic heterocycles. The maximum absolute atomic E-state index is 10.2. The Balaban J connectivity index is 1.51. The Hall–Kier alpha value is -4.32. The quantitative estimate of drug-likeness (QED) is 0.250. The third-order valence-electron chi connectivity index (χ3n) is 6.96. The van der Waals surface area contributed by atoms with E-state index in [0.717, 1.165) is 55.1 Å². The van der Waals surface area contributed by atoms with Gasteiger partial charge in [0.25, 0.3) is 0 Å². The highest BCUT2D eigenvalue weighted by atomic mass is 16.4. The average Bonchev–Trinajstić information content (AvgIpc) is 3.47. The van der Waals surface area contributed by atoms with Gasteiger partial charge in [0.05, 0.1) is 11.0 Å². The van der Waals surface area contributed by atoms with Gasteiger partial charge in [-0.05, 0) is 34.8 Å². The molecule has 4 nitrogen and oxygen atoms in total. The van der Waals surface area contributed by atoms with Crippen LogP contribution in [-0.2, 0) is 0 Å². The van der Waals surface area contributed by atoms with Crippen LogP contribution < -0.4 is 5.46 Å². The molecule has 166 valence electrons. The number of rotatable bonds is 3. The van der Waals surface area contributed by atoms with E-state index in [-0.39, 0.29) is 0 Å². The maximum Gasteiger partial charge on any atom is 0.488 e. The number of hydrogen-bond acceptors (Lipinski definition) is 2. The molecule has 0 bridgehead atoms. The Kier molecular flexibility index (Phi) is 4.36. The second-order valence-electron chi connectivity index (χ2n) is 9.01. The number of hydrogen-bond donors (Lipinski definition) is 4. The van der Waals surface area contributed by atoms with Gasteiger partial charge in [0.1, 0.15) is 0 Å². The summed E-state index contributed by atoms with van der Waals surface area (Å²) in [5.74, 6) is 0. The summed E-state index contributed by atoms with van der Waals surface area (Å²) in [7, 11) is -1.57. The molecule has 7 aromatic rings. The summed E-state index contributed by atoms with van der Waals surface area (Å²) in [5.41, 5.74) is 8.58. The first-order valence-corrected chi connectivity index (χ1v) is 11.7. The number of aromatic amines is 2. The molecular weight excluding hydrogens is 431 g/mol. The maximum atomic E-state index is 10.2. The highest BCUT2D eigenvalue weighted by molar-refractivity contribution is 6.59. The summed E-state index contributed by atoms with van der Waals surface area (Å²) in [5, 5.41) is 25.0. The molecule has 0 amide bonds. The number of H-pyrrole nitrogens is 2. The number of benzene rings is 5. The number of para-hydroxylation sites is 4. The summed E-state index contributed by atoms with van der Waals surface area (Å²) in [6, 6.07) is 34.9. The van der Waals surface area contributed by atoms with Crippen molar-refractivity contribution in [3.05, 3.63) is 103 Å². The van der Waals surface area contributed by atoms with Crippen molar-refractivity contribution in [3.63, 3.8) is 0 Å². The molecule has 4 N–H and O–H groups in total. The third-order valence-corrected chi connectivity index (χ3v) is 6.96. The van der Waals surface area contributed by atoms with Gasteiger partial charge in [-0.3, -0.25) is 0 Å². The number of fused-ring (bicyclic) bond motifs is 6. The van der Waals surface area contributed by atoms with Crippen molar-refractivity contribution in [1.29, 1.82) is 0 Å². The molecule has 35 heavy (non-hydrogen) atoms. The molecule has 0 spiro atoms. The van der Waals surface area contributed by atoms with E-state index in [1.807, 2.05) is 36.4 Å². The number of aromatic nitrogens is 2. The van der Waals surface area contributed by atoms with Crippen LogP contribution in [0.25, 0.3) is 65.9 Å². The minimum atomic E-state index is -1.57. The Morgan fingerprint density at radius 1 is 0.486 bits per heavy atom. The molecule has 0 saturated carbocycles. The zero-order chi connectivity index (χ0) is 23.5. The summed E-state index contributed by atoms with van der Waals surface area (Å²) < 4.78 is 0. The predicted molar refractivity (Wildman–Crippen MR) is 146 cm³/mol. The summed E-state index contributed by atoms with van der Waals surface area (Å²) >= 11 is 0. The van der Waals surface area contributed by atoms with Gasteiger partial charge in [0.15, 0.2) is 0 Å². The molecule has 0 atom stereocenters. The van der Waals surface area contributed by atoms with Crippen molar-refractivity contribution < 1.29 is 10.0 Å². The van der Waals surface area contributed by atoms with Gasteiger partial charge in [-0.25, -0.2) is 0 Å². The van der Waals surface area contributed by atoms with E-state index in [9.17, 15) is 10.0 Å². The van der Waals surface area contributed by atoms with E-state index in [1.165, 1.54) is 10.8 Å². The SMILES string of the molecule is OB(O)c1cc(-c2cccc3c2[nH]c2ccccc23)cc(-c2cccc3c2[nH]c2ccccc23)c1. The van der Waals surface area contributed by atoms with Crippen LogP contribution in [0.3, 0.4) is 0 Å². The molecule has 2 aromatic heterocycles. The van der Waals surface area contributed by atoms with E-state index in [4.69, 9.17) is 0 Å². The lowest BCUT2D eigenvalue weighted by Crippen LogP contribution is -2.30. The lowest BCUT2D eigenvalue weighted by molar-refractivity contribution is 0.426. The van der Waals surface area contributed by atoms with E-state index in [2.05, 4.69) is 76.7 Å². The Labute approximate surface area is 201 Å². The molecule has 0 aliphatic rings. The van der Waals surface area contributed by atoms with Crippen LogP contribution >= 0.6 is 0 Å². The van der Waals surface area contributed by atoms with Crippen molar-refractivity contribution in [2.45, 2.75) is 0 Å². The highest BCUT2D eigenvalue weighted by Gasteiger charge is 2.18. The van der Waals surface area contributed by atoms with Crippen molar-refractivity contribution in [1.82, 2.24) is 9.97 Å². The fourth-order valence-electron chi connectivity index (χ4n) is 5.34. The molecule has 2 heterocycles. The van der Waals surface area contributed by atoms with Crippen molar-refractivity contribution in [2.75, 3.05) is 0 Å². The van der Waals surface area contributed by atoms with Crippen molar-refractivity contribution in [3.8, 4) is 22.3 Å². The molecule has 5 aromatic carbocycles. The molecular formula is C30H21BN2O2. The standard InChI is InChI=1S/C30H21BN2O2/c34-31(35)20-16-18(21-9-5-11-25-23-7-1-3-13-27(23)32-29(21)25)15-19(17-20)22-10-6-12-26-24-8-2-4-14-28(24)33-30(22)26/h1-17,32-35H. The molecule has 0 unspecified atom stereocenters. The Morgan fingerprint density at radius 2 is 0.943 bits per heavy atom. The van der Waals surface area contributed by atoms with Crippen LogP contribution in [0.1, 0.15) is 0 Å². The van der Waals surface area contributed by atoms with Crippen LogP contribution in [0, 0.1) is 0 Å². The Bertz CT molecular complexity index is 1770. The smallest absolute Gasteiger partial charge is 0.423 e. The first-order chi connectivity index (χ1) is 17.2. The first-order valence-electron chi connectivity index (χ1n) is 11.7. The molecule has 7 rings (SSSR count). The van der Waals surface area contributed by atoms with Gasteiger partial charge in [0, 0.05) is 43.7 Å². The lowest BCUT2D eigenvalue weighted by Gasteiger charge is -2.12. The van der Waals surface area contributed by atoms with Gasteiger partial charge in [0.2, 0.25) is 0 Å². The van der Waals surface area contributed by atoms with Gasteiger partial charge in [-0.15, -0.1) is 0 Å². The minimum absolute atomic E-state index is 0.457. The highest BCUT2D eigenvalue weighted by Crippen LogP contribution is 2.37. The fraction of sp³-hybridized carbons (Fsp3) is 0. The van der Waals surface area contributed by atoms with Crippen molar-refractivity contribution >= 4 is 56.2 Å². The van der Waals surface area contributed by atoms with E-state index in [0.29, 0.717) is 5.46 Å². The summed E-state index contributed by atoms with van der Waals surface area (Å²) in [6.07, 6.45) is 0. The van der Waals surface area contributed by atoms with E-state index >= 15 is 0 Å². The lowest BCUT2D eigenvalue weighted by atomic mass is 9.77. The van der Waals surface area contributed by atoms with Gasteiger partial charge < -0.3 is 20.0 Å². The third kappa shape index (κ3) is 3.10. The van der Waals surface area contributed by atoms with Crippen molar-refractivity contribution in [2.24, 2.45) is 0 Å². The summed E-state index contributed by atoms with van der Waals surface area (Å²) in [4.78, 5) is 7.14. The zero-order valence-electron chi connectivity index (χ0n) is 18.8. The van der Waals surface area contributed by atoms with Crippen LogP contribution in [0.4, 0.5) is 0 Å². The second-order valence-corrected chi connectivity index (χ2v) is 9.01. The topological polar surface area (TPSA) is 72.0 Å². The minimum Gasteiger partial charge on any atom is -0.423 e. The first kappa shape index (κ1) is 20.1. The normalized spacial score (nSPS) is 11.7. The zero-order valence-corrected chi connectivity index (χ0v) is 18.8. The Morgan fingerprint density at radius 3 is 1.43 bits per heavy atom. The molecule has 0 saturated heterocycles. The van der Waals surface area contributed by atoms with Crippen LogP contribution in [0.2, 0.25) is 0 Å². The summed E-state index contributed by atoms with van der Waals surface area (Å²) in [6.45, 7) is 0. The van der Waals surface area contributed by atoms with E-state index < -0.39 is 7.12 Å².